The molecule has 1 heterocycles. The van der Waals surface area contributed by atoms with Crippen LogP contribution < -0.4 is 4.74 Å². The Morgan fingerprint density at radius 1 is 1.15 bits per heavy atom. The summed E-state index contributed by atoms with van der Waals surface area (Å²) in [5.74, 6) is 0.747. The van der Waals surface area contributed by atoms with Crippen molar-refractivity contribution < 1.29 is 19.0 Å². The average molecular weight is 276 g/mol. The van der Waals surface area contributed by atoms with Crippen molar-refractivity contribution in [2.45, 2.75) is 25.6 Å². The number of benzene rings is 1. The summed E-state index contributed by atoms with van der Waals surface area (Å²) in [7, 11) is 0. The second-order valence-corrected chi connectivity index (χ2v) is 4.60. The smallest absolute Gasteiger partial charge is 0.157 e. The van der Waals surface area contributed by atoms with E-state index in [2.05, 4.69) is 0 Å². The minimum Gasteiger partial charge on any atom is -0.490 e. The monoisotopic (exact) mass is 276 g/mol. The van der Waals surface area contributed by atoms with Crippen LogP contribution in [0.3, 0.4) is 0 Å². The molecule has 0 radical (unpaired) electrons. The lowest BCUT2D eigenvalue weighted by molar-refractivity contribution is -0.155. The third-order valence-corrected chi connectivity index (χ3v) is 3.05. The highest BCUT2D eigenvalue weighted by Gasteiger charge is 2.12. The topological polar surface area (TPSA) is 44.8 Å². The number of rotatable bonds is 7. The molecule has 0 amide bonds. The predicted octanol–water partition coefficient (Wildman–Crippen LogP) is 2.98. The van der Waals surface area contributed by atoms with Crippen LogP contribution in [-0.4, -0.2) is 32.4 Å². The number of aldehydes is 1. The molecular formula is C16H20O4. The molecule has 0 aliphatic carbocycles. The largest absolute Gasteiger partial charge is 0.490 e. The van der Waals surface area contributed by atoms with Crippen molar-refractivity contribution in [1.82, 2.24) is 0 Å². The van der Waals surface area contributed by atoms with Gasteiger partial charge >= 0.3 is 0 Å². The van der Waals surface area contributed by atoms with Crippen molar-refractivity contribution in [3.63, 3.8) is 0 Å². The average Bonchev–Trinajstić information content (AvgIpc) is 2.52. The third kappa shape index (κ3) is 5.15. The highest BCUT2D eigenvalue weighted by atomic mass is 16.7. The minimum atomic E-state index is -0.0507. The number of hydrogen-bond donors (Lipinski definition) is 0. The Labute approximate surface area is 119 Å². The lowest BCUT2D eigenvalue weighted by atomic mass is 10.2. The number of ether oxygens (including phenoxy) is 3. The SMILES string of the molecule is O=Cc1ccc(OC/C=C/COC2CCCCO2)cc1. The van der Waals surface area contributed by atoms with E-state index in [9.17, 15) is 4.79 Å². The maximum Gasteiger partial charge on any atom is 0.157 e. The Balaban J connectivity index is 1.59. The summed E-state index contributed by atoms with van der Waals surface area (Å²) in [5.41, 5.74) is 0.647. The molecule has 1 aliphatic rings. The van der Waals surface area contributed by atoms with E-state index in [1.807, 2.05) is 12.2 Å². The summed E-state index contributed by atoms with van der Waals surface area (Å²) < 4.78 is 16.5. The Hall–Kier alpha value is -1.65. The fourth-order valence-corrected chi connectivity index (χ4v) is 1.93. The molecule has 0 spiro atoms. The van der Waals surface area contributed by atoms with Crippen molar-refractivity contribution in [2.75, 3.05) is 19.8 Å². The first-order valence-electron chi connectivity index (χ1n) is 6.95. The van der Waals surface area contributed by atoms with E-state index in [1.54, 1.807) is 24.3 Å². The van der Waals surface area contributed by atoms with Gasteiger partial charge in [0.15, 0.2) is 6.29 Å². The van der Waals surface area contributed by atoms with Crippen LogP contribution in [0, 0.1) is 0 Å². The Morgan fingerprint density at radius 2 is 1.95 bits per heavy atom. The molecule has 108 valence electrons. The van der Waals surface area contributed by atoms with Gasteiger partial charge in [0.05, 0.1) is 6.61 Å². The molecular weight excluding hydrogens is 256 g/mol. The van der Waals surface area contributed by atoms with E-state index in [0.29, 0.717) is 18.8 Å². The molecule has 0 bridgehead atoms. The van der Waals surface area contributed by atoms with Gasteiger partial charge in [-0.3, -0.25) is 4.79 Å². The van der Waals surface area contributed by atoms with Crippen LogP contribution in [0.4, 0.5) is 0 Å². The second-order valence-electron chi connectivity index (χ2n) is 4.60. The molecule has 2 rings (SSSR count). The predicted molar refractivity (Wildman–Crippen MR) is 76.0 cm³/mol. The van der Waals surface area contributed by atoms with Gasteiger partial charge in [0, 0.05) is 12.2 Å². The summed E-state index contributed by atoms with van der Waals surface area (Å²) in [4.78, 5) is 10.5. The van der Waals surface area contributed by atoms with Crippen molar-refractivity contribution in [3.05, 3.63) is 42.0 Å². The van der Waals surface area contributed by atoms with Gasteiger partial charge in [-0.15, -0.1) is 0 Å². The van der Waals surface area contributed by atoms with Gasteiger partial charge in [-0.25, -0.2) is 0 Å². The molecule has 1 aliphatic heterocycles. The summed E-state index contributed by atoms with van der Waals surface area (Å²) >= 11 is 0. The molecule has 0 saturated carbocycles. The quantitative estimate of drug-likeness (QED) is 0.567. The van der Waals surface area contributed by atoms with Crippen molar-refractivity contribution >= 4 is 6.29 Å². The lowest BCUT2D eigenvalue weighted by Gasteiger charge is -2.21. The lowest BCUT2D eigenvalue weighted by Crippen LogP contribution is -2.22. The van der Waals surface area contributed by atoms with Gasteiger partial charge in [0.25, 0.3) is 0 Å². The molecule has 20 heavy (non-hydrogen) atoms. The number of carbonyl (C=O) groups is 1. The van der Waals surface area contributed by atoms with Crippen LogP contribution in [0.5, 0.6) is 5.75 Å². The van der Waals surface area contributed by atoms with E-state index in [0.717, 1.165) is 31.5 Å². The highest BCUT2D eigenvalue weighted by Crippen LogP contribution is 2.13. The third-order valence-electron chi connectivity index (χ3n) is 3.05. The molecule has 4 heteroatoms. The van der Waals surface area contributed by atoms with Gasteiger partial charge in [0.1, 0.15) is 18.6 Å². The van der Waals surface area contributed by atoms with Crippen molar-refractivity contribution in [2.24, 2.45) is 0 Å². The van der Waals surface area contributed by atoms with Crippen molar-refractivity contribution in [1.29, 1.82) is 0 Å². The highest BCUT2D eigenvalue weighted by molar-refractivity contribution is 5.74. The first-order chi connectivity index (χ1) is 9.88. The first-order valence-corrected chi connectivity index (χ1v) is 6.95. The maximum absolute atomic E-state index is 10.5. The van der Waals surface area contributed by atoms with Crippen LogP contribution >= 0.6 is 0 Å². The van der Waals surface area contributed by atoms with Gasteiger partial charge < -0.3 is 14.2 Å². The molecule has 1 aromatic carbocycles. The normalized spacial score (nSPS) is 19.1. The van der Waals surface area contributed by atoms with Gasteiger partial charge in [-0.05, 0) is 49.6 Å². The molecule has 0 N–H and O–H groups in total. The summed E-state index contributed by atoms with van der Waals surface area (Å²) in [5, 5.41) is 0. The molecule has 1 unspecified atom stereocenters. The Bertz CT molecular complexity index is 419. The van der Waals surface area contributed by atoms with Gasteiger partial charge in [-0.1, -0.05) is 6.08 Å². The zero-order valence-electron chi connectivity index (χ0n) is 11.5. The van der Waals surface area contributed by atoms with Crippen LogP contribution in [0.2, 0.25) is 0 Å². The maximum atomic E-state index is 10.5. The zero-order valence-corrected chi connectivity index (χ0v) is 11.5. The van der Waals surface area contributed by atoms with Crippen LogP contribution in [0.25, 0.3) is 0 Å². The van der Waals surface area contributed by atoms with Crippen molar-refractivity contribution in [3.8, 4) is 5.75 Å². The number of carbonyl (C=O) groups excluding carboxylic acids is 1. The minimum absolute atomic E-state index is 0.0507. The van der Waals surface area contributed by atoms with Crippen LogP contribution in [0.1, 0.15) is 29.6 Å². The fraction of sp³-hybridized carbons (Fsp3) is 0.438. The van der Waals surface area contributed by atoms with E-state index >= 15 is 0 Å². The van der Waals surface area contributed by atoms with E-state index < -0.39 is 0 Å². The summed E-state index contributed by atoms with van der Waals surface area (Å²) in [6, 6.07) is 7.03. The van der Waals surface area contributed by atoms with Gasteiger partial charge in [0.2, 0.25) is 0 Å². The van der Waals surface area contributed by atoms with Crippen LogP contribution in [0.15, 0.2) is 36.4 Å². The standard InChI is InChI=1S/C16H20O4/c17-13-14-6-8-15(9-7-14)18-10-3-4-12-20-16-5-1-2-11-19-16/h3-4,6-9,13,16H,1-2,5,10-12H2/b4-3+. The summed E-state index contributed by atoms with van der Waals surface area (Å²) in [6.45, 7) is 1.82. The van der Waals surface area contributed by atoms with E-state index in [4.69, 9.17) is 14.2 Å². The zero-order chi connectivity index (χ0) is 14.0. The van der Waals surface area contributed by atoms with Gasteiger partial charge in [-0.2, -0.15) is 0 Å². The molecule has 1 saturated heterocycles. The molecule has 1 fully saturated rings. The van der Waals surface area contributed by atoms with E-state index in [1.165, 1.54) is 6.42 Å². The Morgan fingerprint density at radius 3 is 2.65 bits per heavy atom. The first kappa shape index (κ1) is 14.8. The molecule has 0 aromatic heterocycles. The fourth-order valence-electron chi connectivity index (χ4n) is 1.93. The molecule has 1 atom stereocenters. The van der Waals surface area contributed by atoms with E-state index in [-0.39, 0.29) is 6.29 Å². The number of hydrogen-bond acceptors (Lipinski definition) is 4. The van der Waals surface area contributed by atoms with Crippen LogP contribution in [-0.2, 0) is 9.47 Å². The molecule has 4 nitrogen and oxygen atoms in total. The Kier molecular flexibility index (Phi) is 6.27. The second kappa shape index (κ2) is 8.51. The molecule has 1 aromatic rings. The summed E-state index contributed by atoms with van der Waals surface area (Å²) in [6.07, 6.45) is 7.89.